The first-order valence-electron chi connectivity index (χ1n) is 7.62. The molecule has 23 heavy (non-hydrogen) atoms. The highest BCUT2D eigenvalue weighted by Crippen LogP contribution is 2.24. The Bertz CT molecular complexity index is 742. The first kappa shape index (κ1) is 14.6. The molecule has 0 bridgehead atoms. The molecular weight excluding hydrogens is 310 g/mol. The van der Waals surface area contributed by atoms with Gasteiger partial charge in [0.25, 0.3) is 5.89 Å². The molecule has 118 valence electrons. The average Bonchev–Trinajstić information content (AvgIpc) is 3.28. The number of benzene rings is 1. The Hall–Kier alpha value is -2.02. The van der Waals surface area contributed by atoms with Crippen molar-refractivity contribution in [3.8, 4) is 11.4 Å². The Morgan fingerprint density at radius 3 is 2.96 bits per heavy atom. The summed E-state index contributed by atoms with van der Waals surface area (Å²) in [5.41, 5.74) is 2.29. The van der Waals surface area contributed by atoms with E-state index < -0.39 is 0 Å². The van der Waals surface area contributed by atoms with Crippen molar-refractivity contribution in [3.05, 3.63) is 58.6 Å². The van der Waals surface area contributed by atoms with Gasteiger partial charge >= 0.3 is 0 Å². The van der Waals surface area contributed by atoms with E-state index in [0.29, 0.717) is 18.3 Å². The summed E-state index contributed by atoms with van der Waals surface area (Å²) >= 11 is 1.73. The van der Waals surface area contributed by atoms with Crippen LogP contribution in [0.2, 0.25) is 0 Å². The largest absolute Gasteiger partial charge is 0.366 e. The minimum Gasteiger partial charge on any atom is -0.366 e. The van der Waals surface area contributed by atoms with Gasteiger partial charge in [-0.25, -0.2) is 0 Å². The fourth-order valence-corrected chi connectivity index (χ4v) is 3.37. The number of ether oxygens (including phenoxy) is 1. The van der Waals surface area contributed by atoms with E-state index in [1.54, 1.807) is 11.3 Å². The van der Waals surface area contributed by atoms with E-state index in [9.17, 15) is 0 Å². The van der Waals surface area contributed by atoms with Crippen LogP contribution in [-0.4, -0.2) is 34.7 Å². The fourth-order valence-electron chi connectivity index (χ4n) is 2.71. The molecule has 1 unspecified atom stereocenters. The molecule has 3 aromatic rings. The van der Waals surface area contributed by atoms with Crippen molar-refractivity contribution in [2.45, 2.75) is 12.6 Å². The third-order valence-electron chi connectivity index (χ3n) is 3.89. The van der Waals surface area contributed by atoms with E-state index in [4.69, 9.17) is 9.26 Å². The first-order chi connectivity index (χ1) is 11.4. The van der Waals surface area contributed by atoms with E-state index >= 15 is 0 Å². The van der Waals surface area contributed by atoms with Crippen LogP contribution in [0.3, 0.4) is 0 Å². The van der Waals surface area contributed by atoms with E-state index in [-0.39, 0.29) is 6.10 Å². The number of hydrogen-bond donors (Lipinski definition) is 0. The zero-order valence-electron chi connectivity index (χ0n) is 12.6. The average molecular weight is 327 g/mol. The molecular formula is C17H17N3O2S. The van der Waals surface area contributed by atoms with Gasteiger partial charge in [0.1, 0.15) is 6.10 Å². The van der Waals surface area contributed by atoms with Gasteiger partial charge < -0.3 is 9.26 Å². The molecule has 1 aromatic carbocycles. The molecule has 1 saturated heterocycles. The normalized spacial score (nSPS) is 19.0. The number of aromatic nitrogens is 2. The highest BCUT2D eigenvalue weighted by molar-refractivity contribution is 7.07. The smallest absolute Gasteiger partial charge is 0.257 e. The van der Waals surface area contributed by atoms with Crippen LogP contribution in [0.25, 0.3) is 11.4 Å². The van der Waals surface area contributed by atoms with Crippen molar-refractivity contribution in [1.29, 1.82) is 0 Å². The Kier molecular flexibility index (Phi) is 4.19. The van der Waals surface area contributed by atoms with Gasteiger partial charge in [0.15, 0.2) is 0 Å². The quantitative estimate of drug-likeness (QED) is 0.735. The van der Waals surface area contributed by atoms with Crippen LogP contribution in [0.5, 0.6) is 0 Å². The minimum absolute atomic E-state index is 0.160. The Morgan fingerprint density at radius 2 is 2.13 bits per heavy atom. The van der Waals surface area contributed by atoms with Crippen molar-refractivity contribution >= 4 is 11.3 Å². The van der Waals surface area contributed by atoms with Gasteiger partial charge in [0.05, 0.1) is 6.61 Å². The zero-order valence-corrected chi connectivity index (χ0v) is 13.4. The SMILES string of the molecule is c1ccc(-c2noc(C3CN(Cc4ccsc4)CCO3)n2)cc1. The van der Waals surface area contributed by atoms with Crippen LogP contribution in [0.1, 0.15) is 17.6 Å². The number of thiophene rings is 1. The summed E-state index contributed by atoms with van der Waals surface area (Å²) in [6, 6.07) is 12.0. The van der Waals surface area contributed by atoms with Crippen LogP contribution in [0.15, 0.2) is 51.7 Å². The number of hydrogen-bond acceptors (Lipinski definition) is 6. The molecule has 4 rings (SSSR count). The van der Waals surface area contributed by atoms with Gasteiger partial charge in [0, 0.05) is 25.2 Å². The van der Waals surface area contributed by atoms with Crippen molar-refractivity contribution in [3.63, 3.8) is 0 Å². The van der Waals surface area contributed by atoms with Gasteiger partial charge in [-0.05, 0) is 22.4 Å². The summed E-state index contributed by atoms with van der Waals surface area (Å²) in [6.45, 7) is 3.30. The molecule has 3 heterocycles. The molecule has 0 N–H and O–H groups in total. The van der Waals surface area contributed by atoms with Crippen molar-refractivity contribution in [2.75, 3.05) is 19.7 Å². The minimum atomic E-state index is -0.160. The lowest BCUT2D eigenvalue weighted by atomic mass is 10.2. The van der Waals surface area contributed by atoms with Gasteiger partial charge in [-0.1, -0.05) is 35.5 Å². The van der Waals surface area contributed by atoms with Gasteiger partial charge in [-0.15, -0.1) is 0 Å². The highest BCUT2D eigenvalue weighted by Gasteiger charge is 2.27. The van der Waals surface area contributed by atoms with Gasteiger partial charge in [-0.2, -0.15) is 16.3 Å². The van der Waals surface area contributed by atoms with E-state index in [2.05, 4.69) is 31.9 Å². The summed E-state index contributed by atoms with van der Waals surface area (Å²) in [5.74, 6) is 1.16. The number of nitrogens with zero attached hydrogens (tertiary/aromatic N) is 3. The Balaban J connectivity index is 1.46. The lowest BCUT2D eigenvalue weighted by Crippen LogP contribution is -2.37. The maximum absolute atomic E-state index is 5.83. The second-order valence-electron chi connectivity index (χ2n) is 5.55. The summed E-state index contributed by atoms with van der Waals surface area (Å²) in [6.07, 6.45) is -0.160. The molecule has 5 nitrogen and oxygen atoms in total. The fraction of sp³-hybridized carbons (Fsp3) is 0.294. The lowest BCUT2D eigenvalue weighted by Gasteiger charge is -2.30. The second kappa shape index (κ2) is 6.62. The Morgan fingerprint density at radius 1 is 1.22 bits per heavy atom. The van der Waals surface area contributed by atoms with Crippen LogP contribution >= 0.6 is 11.3 Å². The van der Waals surface area contributed by atoms with Crippen molar-refractivity contribution in [2.24, 2.45) is 0 Å². The third kappa shape index (κ3) is 3.34. The molecule has 1 aliphatic heterocycles. The third-order valence-corrected chi connectivity index (χ3v) is 4.62. The molecule has 0 radical (unpaired) electrons. The first-order valence-corrected chi connectivity index (χ1v) is 8.57. The van der Waals surface area contributed by atoms with Crippen LogP contribution in [-0.2, 0) is 11.3 Å². The molecule has 0 amide bonds. The molecule has 1 fully saturated rings. The van der Waals surface area contributed by atoms with Crippen molar-refractivity contribution in [1.82, 2.24) is 15.0 Å². The van der Waals surface area contributed by atoms with Gasteiger partial charge in [0.2, 0.25) is 5.82 Å². The Labute approximate surface area is 138 Å². The molecule has 2 aromatic heterocycles. The molecule has 0 aliphatic carbocycles. The molecule has 6 heteroatoms. The number of rotatable bonds is 4. The predicted molar refractivity (Wildman–Crippen MR) is 88.0 cm³/mol. The summed E-state index contributed by atoms with van der Waals surface area (Å²) in [5, 5.41) is 8.37. The van der Waals surface area contributed by atoms with Crippen molar-refractivity contribution < 1.29 is 9.26 Å². The number of morpholine rings is 1. The highest BCUT2D eigenvalue weighted by atomic mass is 32.1. The van der Waals surface area contributed by atoms with E-state index in [0.717, 1.165) is 25.2 Å². The van der Waals surface area contributed by atoms with E-state index in [1.807, 2.05) is 30.3 Å². The standard InChI is InChI=1S/C17H17N3O2S/c1-2-4-14(5-3-1)16-18-17(22-19-16)15-11-20(7-8-21-15)10-13-6-9-23-12-13/h1-6,9,12,15H,7-8,10-11H2. The summed E-state index contributed by atoms with van der Waals surface area (Å²) < 4.78 is 11.3. The molecule has 1 aliphatic rings. The molecule has 0 spiro atoms. The molecule has 1 atom stereocenters. The topological polar surface area (TPSA) is 51.4 Å². The van der Waals surface area contributed by atoms with E-state index in [1.165, 1.54) is 5.56 Å². The maximum atomic E-state index is 5.83. The lowest BCUT2D eigenvalue weighted by molar-refractivity contribution is -0.0474. The van der Waals surface area contributed by atoms with Gasteiger partial charge in [-0.3, -0.25) is 4.90 Å². The molecule has 0 saturated carbocycles. The van der Waals surface area contributed by atoms with Crippen LogP contribution in [0, 0.1) is 0 Å². The maximum Gasteiger partial charge on any atom is 0.257 e. The zero-order chi connectivity index (χ0) is 15.5. The van der Waals surface area contributed by atoms with Crippen LogP contribution < -0.4 is 0 Å². The summed E-state index contributed by atoms with van der Waals surface area (Å²) in [4.78, 5) is 6.87. The van der Waals surface area contributed by atoms with Crippen LogP contribution in [0.4, 0.5) is 0 Å². The second-order valence-corrected chi connectivity index (χ2v) is 6.33. The summed E-state index contributed by atoms with van der Waals surface area (Å²) in [7, 11) is 0. The predicted octanol–water partition coefficient (Wildman–Crippen LogP) is 3.37. The monoisotopic (exact) mass is 327 g/mol.